The van der Waals surface area contributed by atoms with Crippen LogP contribution in [0, 0.1) is 0 Å². The van der Waals surface area contributed by atoms with Gasteiger partial charge in [-0.25, -0.2) is 0 Å². The lowest BCUT2D eigenvalue weighted by Gasteiger charge is -2.19. The maximum absolute atomic E-state index is 12.1. The van der Waals surface area contributed by atoms with E-state index < -0.39 is 0 Å². The smallest absolute Gasteiger partial charge is 0.319 e. The van der Waals surface area contributed by atoms with Gasteiger partial charge in [0.2, 0.25) is 5.91 Å². The van der Waals surface area contributed by atoms with Crippen LogP contribution in [-0.4, -0.2) is 43.5 Å². The van der Waals surface area contributed by atoms with Gasteiger partial charge in [0.1, 0.15) is 0 Å². The monoisotopic (exact) mass is 484 g/mol. The average Bonchev–Trinajstić information content (AvgIpc) is 2.41. The summed E-state index contributed by atoms with van der Waals surface area (Å²) in [5.41, 5.74) is 0.650. The Balaban J connectivity index is 2.71. The number of halogens is 3. The van der Waals surface area contributed by atoms with Gasteiger partial charge in [-0.3, -0.25) is 14.5 Å². The van der Waals surface area contributed by atoms with Crippen LogP contribution in [0.15, 0.2) is 25.6 Å². The minimum atomic E-state index is -0.365. The fourth-order valence-electron chi connectivity index (χ4n) is 1.57. The van der Waals surface area contributed by atoms with Crippen LogP contribution in [0.5, 0.6) is 0 Å². The number of nitrogens with zero attached hydrogens (tertiary/aromatic N) is 1. The van der Waals surface area contributed by atoms with Crippen molar-refractivity contribution >= 4 is 65.4 Å². The van der Waals surface area contributed by atoms with Crippen molar-refractivity contribution in [3.05, 3.63) is 25.6 Å². The molecule has 1 amide bonds. The van der Waals surface area contributed by atoms with E-state index in [2.05, 4.69) is 57.8 Å². The molecule has 8 heteroatoms. The number of likely N-dealkylation sites (N-methyl/N-ethyl adjacent to an activating group) is 1. The summed E-state index contributed by atoms with van der Waals surface area (Å²) in [5.74, 6) is -0.569. The molecule has 0 fully saturated rings. The zero-order valence-electron chi connectivity index (χ0n) is 11.6. The van der Waals surface area contributed by atoms with Crippen LogP contribution < -0.4 is 5.32 Å². The maximum Gasteiger partial charge on any atom is 0.319 e. The van der Waals surface area contributed by atoms with Gasteiger partial charge in [-0.1, -0.05) is 22.9 Å². The van der Waals surface area contributed by atoms with E-state index in [4.69, 9.17) is 0 Å². The van der Waals surface area contributed by atoms with Gasteiger partial charge in [-0.15, -0.1) is 0 Å². The Hall–Kier alpha value is -0.440. The SMILES string of the molecule is CCN(CC(=O)Nc1c(Br)cc(Br)cc1Br)CC(=O)OC. The van der Waals surface area contributed by atoms with E-state index in [0.717, 1.165) is 13.4 Å². The number of nitrogens with one attached hydrogen (secondary N) is 1. The van der Waals surface area contributed by atoms with Crippen LogP contribution in [0.4, 0.5) is 5.69 Å². The van der Waals surface area contributed by atoms with Crippen molar-refractivity contribution in [1.29, 1.82) is 0 Å². The predicted molar refractivity (Wildman–Crippen MR) is 92.3 cm³/mol. The maximum atomic E-state index is 12.1. The van der Waals surface area contributed by atoms with Crippen LogP contribution >= 0.6 is 47.8 Å². The number of ether oxygens (including phenoxy) is 1. The van der Waals surface area contributed by atoms with Crippen LogP contribution in [-0.2, 0) is 14.3 Å². The highest BCUT2D eigenvalue weighted by atomic mass is 79.9. The van der Waals surface area contributed by atoms with Crippen molar-refractivity contribution in [2.45, 2.75) is 6.92 Å². The van der Waals surface area contributed by atoms with E-state index in [1.807, 2.05) is 19.1 Å². The first-order valence-electron chi connectivity index (χ1n) is 6.11. The number of rotatable bonds is 6. The van der Waals surface area contributed by atoms with Gasteiger partial charge in [-0.05, 0) is 50.5 Å². The van der Waals surface area contributed by atoms with Crippen molar-refractivity contribution in [3.63, 3.8) is 0 Å². The van der Waals surface area contributed by atoms with Crippen LogP contribution in [0.2, 0.25) is 0 Å². The van der Waals surface area contributed by atoms with Gasteiger partial charge >= 0.3 is 5.97 Å². The van der Waals surface area contributed by atoms with E-state index in [0.29, 0.717) is 12.2 Å². The standard InChI is InChI=1S/C13H15Br3N2O3/c1-3-18(7-12(20)21-2)6-11(19)17-13-9(15)4-8(14)5-10(13)16/h4-5H,3,6-7H2,1-2H3,(H,17,19). The molecule has 5 nitrogen and oxygen atoms in total. The Morgan fingerprint density at radius 3 is 2.24 bits per heavy atom. The van der Waals surface area contributed by atoms with E-state index in [1.165, 1.54) is 7.11 Å². The number of amides is 1. The summed E-state index contributed by atoms with van der Waals surface area (Å²) >= 11 is 10.2. The molecular weight excluding hydrogens is 472 g/mol. The molecule has 1 rings (SSSR count). The lowest BCUT2D eigenvalue weighted by Crippen LogP contribution is -2.37. The van der Waals surface area contributed by atoms with Gasteiger partial charge in [0.05, 0.1) is 25.9 Å². The number of hydrogen-bond donors (Lipinski definition) is 1. The van der Waals surface area contributed by atoms with Crippen LogP contribution in [0.3, 0.4) is 0 Å². The van der Waals surface area contributed by atoms with Crippen molar-refractivity contribution in [2.24, 2.45) is 0 Å². The highest BCUT2D eigenvalue weighted by Gasteiger charge is 2.15. The van der Waals surface area contributed by atoms with Gasteiger partial charge in [0, 0.05) is 13.4 Å². The molecular formula is C13H15Br3N2O3. The molecule has 1 N–H and O–H groups in total. The minimum absolute atomic E-state index is 0.0864. The van der Waals surface area contributed by atoms with E-state index in [9.17, 15) is 9.59 Å². The second-order valence-corrected chi connectivity index (χ2v) is 6.80. The highest BCUT2D eigenvalue weighted by Crippen LogP contribution is 2.34. The van der Waals surface area contributed by atoms with E-state index in [-0.39, 0.29) is 25.0 Å². The summed E-state index contributed by atoms with van der Waals surface area (Å²) in [4.78, 5) is 25.0. The molecule has 0 atom stereocenters. The second-order valence-electron chi connectivity index (χ2n) is 4.17. The van der Waals surface area contributed by atoms with Crippen LogP contribution in [0.1, 0.15) is 6.92 Å². The van der Waals surface area contributed by atoms with Crippen molar-refractivity contribution in [1.82, 2.24) is 4.90 Å². The molecule has 0 spiro atoms. The minimum Gasteiger partial charge on any atom is -0.468 e. The summed E-state index contributed by atoms with van der Waals surface area (Å²) in [7, 11) is 1.33. The third-order valence-electron chi connectivity index (χ3n) is 2.67. The Kier molecular flexibility index (Phi) is 7.86. The summed E-state index contributed by atoms with van der Waals surface area (Å²) in [6.07, 6.45) is 0. The molecule has 0 unspecified atom stereocenters. The molecule has 0 heterocycles. The largest absolute Gasteiger partial charge is 0.468 e. The average molecular weight is 487 g/mol. The lowest BCUT2D eigenvalue weighted by atomic mass is 10.3. The van der Waals surface area contributed by atoms with Gasteiger partial charge in [0.15, 0.2) is 0 Å². The summed E-state index contributed by atoms with van der Waals surface area (Å²) in [5, 5.41) is 2.81. The number of esters is 1. The number of methoxy groups -OCH3 is 1. The highest BCUT2D eigenvalue weighted by molar-refractivity contribution is 9.11. The fraction of sp³-hybridized carbons (Fsp3) is 0.385. The first-order valence-corrected chi connectivity index (χ1v) is 8.48. The zero-order chi connectivity index (χ0) is 16.0. The summed E-state index contributed by atoms with van der Waals surface area (Å²) in [6, 6.07) is 3.68. The molecule has 21 heavy (non-hydrogen) atoms. The molecule has 0 saturated carbocycles. The number of hydrogen-bond acceptors (Lipinski definition) is 4. The zero-order valence-corrected chi connectivity index (χ0v) is 16.3. The van der Waals surface area contributed by atoms with Crippen molar-refractivity contribution in [2.75, 3.05) is 32.1 Å². The lowest BCUT2D eigenvalue weighted by molar-refractivity contribution is -0.142. The van der Waals surface area contributed by atoms with Crippen LogP contribution in [0.25, 0.3) is 0 Å². The molecule has 1 aromatic carbocycles. The van der Waals surface area contributed by atoms with Gasteiger partial charge in [-0.2, -0.15) is 0 Å². The molecule has 0 aromatic heterocycles. The third kappa shape index (κ3) is 6.06. The Bertz CT molecular complexity index is 514. The third-order valence-corrected chi connectivity index (χ3v) is 4.37. The number of carbonyl (C=O) groups excluding carboxylic acids is 2. The number of carbonyl (C=O) groups is 2. The molecule has 0 aliphatic rings. The Labute approximate surface area is 148 Å². The quantitative estimate of drug-likeness (QED) is 0.626. The van der Waals surface area contributed by atoms with Crippen molar-refractivity contribution < 1.29 is 14.3 Å². The summed E-state index contributed by atoms with van der Waals surface area (Å²) < 4.78 is 7.01. The number of benzene rings is 1. The topological polar surface area (TPSA) is 58.6 Å². The molecule has 0 aliphatic carbocycles. The molecule has 0 saturated heterocycles. The normalized spacial score (nSPS) is 10.6. The molecule has 116 valence electrons. The molecule has 0 aliphatic heterocycles. The molecule has 0 radical (unpaired) electrons. The first-order chi connectivity index (χ1) is 9.87. The van der Waals surface area contributed by atoms with E-state index in [1.54, 1.807) is 4.90 Å². The number of anilines is 1. The predicted octanol–water partition coefficient (Wildman–Crippen LogP) is 3.41. The van der Waals surface area contributed by atoms with Crippen molar-refractivity contribution in [3.8, 4) is 0 Å². The van der Waals surface area contributed by atoms with Gasteiger partial charge < -0.3 is 10.1 Å². The fourth-order valence-corrected chi connectivity index (χ4v) is 4.03. The Morgan fingerprint density at radius 1 is 1.19 bits per heavy atom. The second kappa shape index (κ2) is 8.87. The first kappa shape index (κ1) is 18.6. The molecule has 0 bridgehead atoms. The Morgan fingerprint density at radius 2 is 1.76 bits per heavy atom. The summed E-state index contributed by atoms with van der Waals surface area (Å²) in [6.45, 7) is 2.65. The molecule has 1 aromatic rings. The van der Waals surface area contributed by atoms with E-state index >= 15 is 0 Å². The van der Waals surface area contributed by atoms with Gasteiger partial charge in [0.25, 0.3) is 0 Å².